The highest BCUT2D eigenvalue weighted by atomic mass is 16.4. The molecular formula is C14H22N4O2. The third-order valence-corrected chi connectivity index (χ3v) is 3.84. The van der Waals surface area contributed by atoms with Crippen molar-refractivity contribution in [3.05, 3.63) is 23.0 Å². The van der Waals surface area contributed by atoms with Crippen molar-refractivity contribution in [1.82, 2.24) is 4.98 Å². The molecule has 1 saturated carbocycles. The van der Waals surface area contributed by atoms with Gasteiger partial charge < -0.3 is 20.9 Å². The molecule has 0 radical (unpaired) electrons. The van der Waals surface area contributed by atoms with Crippen LogP contribution in [0, 0.1) is 13.8 Å². The van der Waals surface area contributed by atoms with Gasteiger partial charge in [-0.2, -0.15) is 0 Å². The van der Waals surface area contributed by atoms with Crippen molar-refractivity contribution >= 4 is 11.5 Å². The van der Waals surface area contributed by atoms with Crippen molar-refractivity contribution < 1.29 is 10.3 Å². The fourth-order valence-corrected chi connectivity index (χ4v) is 2.71. The molecule has 0 unspecified atom stereocenters. The van der Waals surface area contributed by atoms with E-state index in [2.05, 4.69) is 15.0 Å². The Balaban J connectivity index is 2.51. The van der Waals surface area contributed by atoms with E-state index in [1.54, 1.807) is 0 Å². The normalized spacial score (nSPS) is 16.1. The zero-order chi connectivity index (χ0) is 14.7. The van der Waals surface area contributed by atoms with Crippen molar-refractivity contribution in [1.29, 1.82) is 0 Å². The minimum Gasteiger partial charge on any atom is -0.409 e. The highest BCUT2D eigenvalue weighted by molar-refractivity contribution is 6.03. The number of aryl methyl sites for hydroxylation is 2. The number of aliphatic hydroxyl groups excluding tert-OH is 1. The Morgan fingerprint density at radius 1 is 1.50 bits per heavy atom. The van der Waals surface area contributed by atoms with E-state index in [1.807, 2.05) is 19.9 Å². The van der Waals surface area contributed by atoms with E-state index in [1.165, 1.54) is 6.42 Å². The van der Waals surface area contributed by atoms with Gasteiger partial charge in [-0.3, -0.25) is 4.98 Å². The number of hydrogen-bond acceptors (Lipinski definition) is 5. The summed E-state index contributed by atoms with van der Waals surface area (Å²) in [6.07, 6.45) is 3.42. The highest BCUT2D eigenvalue weighted by Gasteiger charge is 2.28. The zero-order valence-electron chi connectivity index (χ0n) is 12.0. The number of hydrogen-bond donors (Lipinski definition) is 3. The number of anilines is 1. The summed E-state index contributed by atoms with van der Waals surface area (Å²) >= 11 is 0. The van der Waals surface area contributed by atoms with Crippen LogP contribution in [0.1, 0.15) is 36.2 Å². The van der Waals surface area contributed by atoms with Crippen LogP contribution >= 0.6 is 0 Å². The van der Waals surface area contributed by atoms with Gasteiger partial charge in [0.05, 0.1) is 23.6 Å². The summed E-state index contributed by atoms with van der Waals surface area (Å²) in [5, 5.41) is 21.4. The molecular weight excluding hydrogens is 256 g/mol. The Kier molecular flexibility index (Phi) is 4.44. The SMILES string of the molecule is Cc1cc(N(CCO)C2CCC2)c(/C(N)=N/O)c(C)n1. The fraction of sp³-hybridized carbons (Fsp3) is 0.571. The standard InChI is InChI=1S/C14H22N4O2/c1-9-8-12(13(10(2)16-9)14(15)17-20)18(6-7-19)11-4-3-5-11/h8,11,19-20H,3-7H2,1-2H3,(H2,15,17). The Hall–Kier alpha value is -1.82. The van der Waals surface area contributed by atoms with Gasteiger partial charge in [0.1, 0.15) is 0 Å². The molecule has 1 aromatic rings. The Bertz CT molecular complexity index is 512. The maximum atomic E-state index is 9.32. The third kappa shape index (κ3) is 2.70. The molecule has 0 bridgehead atoms. The lowest BCUT2D eigenvalue weighted by molar-refractivity contribution is 0.283. The fourth-order valence-electron chi connectivity index (χ4n) is 2.71. The van der Waals surface area contributed by atoms with Crippen LogP contribution in [0.2, 0.25) is 0 Å². The molecule has 6 nitrogen and oxygen atoms in total. The molecule has 6 heteroatoms. The first kappa shape index (κ1) is 14.6. The molecule has 4 N–H and O–H groups in total. The number of rotatable bonds is 5. The summed E-state index contributed by atoms with van der Waals surface area (Å²) in [7, 11) is 0. The van der Waals surface area contributed by atoms with Gasteiger partial charge in [-0.1, -0.05) is 5.16 Å². The van der Waals surface area contributed by atoms with Crippen LogP contribution in [0.4, 0.5) is 5.69 Å². The van der Waals surface area contributed by atoms with Crippen LogP contribution in [0.3, 0.4) is 0 Å². The topological polar surface area (TPSA) is 95.0 Å². The van der Waals surface area contributed by atoms with Gasteiger partial charge in [0.2, 0.25) is 0 Å². The molecule has 1 heterocycles. The van der Waals surface area contributed by atoms with E-state index < -0.39 is 0 Å². The number of oxime groups is 1. The summed E-state index contributed by atoms with van der Waals surface area (Å²) < 4.78 is 0. The van der Waals surface area contributed by atoms with E-state index in [9.17, 15) is 5.11 Å². The Morgan fingerprint density at radius 2 is 2.20 bits per heavy atom. The molecule has 0 atom stereocenters. The van der Waals surface area contributed by atoms with Crippen molar-refractivity contribution in [3.63, 3.8) is 0 Å². The summed E-state index contributed by atoms with van der Waals surface area (Å²) in [4.78, 5) is 6.54. The number of aromatic nitrogens is 1. The number of amidine groups is 1. The van der Waals surface area contributed by atoms with Gasteiger partial charge in [-0.25, -0.2) is 0 Å². The van der Waals surface area contributed by atoms with Crippen LogP contribution in [0.5, 0.6) is 0 Å². The molecule has 1 fully saturated rings. The average molecular weight is 278 g/mol. The number of nitrogens with zero attached hydrogens (tertiary/aromatic N) is 3. The highest BCUT2D eigenvalue weighted by Crippen LogP contribution is 2.32. The van der Waals surface area contributed by atoms with Crippen LogP contribution in [0.25, 0.3) is 0 Å². The van der Waals surface area contributed by atoms with Crippen molar-refractivity contribution in [2.24, 2.45) is 10.9 Å². The molecule has 2 rings (SSSR count). The quantitative estimate of drug-likeness (QED) is 0.325. The molecule has 0 aromatic carbocycles. The predicted octanol–water partition coefficient (Wildman–Crippen LogP) is 1.14. The molecule has 0 aliphatic heterocycles. The minimum atomic E-state index is 0.0623. The second-order valence-corrected chi connectivity index (χ2v) is 5.23. The van der Waals surface area contributed by atoms with Crippen molar-refractivity contribution in [2.75, 3.05) is 18.1 Å². The monoisotopic (exact) mass is 278 g/mol. The van der Waals surface area contributed by atoms with Crippen molar-refractivity contribution in [2.45, 2.75) is 39.2 Å². The lowest BCUT2D eigenvalue weighted by atomic mass is 9.90. The molecule has 1 aromatic heterocycles. The molecule has 1 aliphatic rings. The van der Waals surface area contributed by atoms with Crippen LogP contribution < -0.4 is 10.6 Å². The van der Waals surface area contributed by atoms with Crippen LogP contribution in [0.15, 0.2) is 11.2 Å². The lowest BCUT2D eigenvalue weighted by Gasteiger charge is -2.40. The first-order valence-electron chi connectivity index (χ1n) is 6.92. The van der Waals surface area contributed by atoms with E-state index in [0.29, 0.717) is 18.2 Å². The molecule has 0 saturated heterocycles. The van der Waals surface area contributed by atoms with Gasteiger partial charge in [0.25, 0.3) is 0 Å². The average Bonchev–Trinajstić information content (AvgIpc) is 2.34. The molecule has 110 valence electrons. The van der Waals surface area contributed by atoms with E-state index in [4.69, 9.17) is 10.9 Å². The molecule has 0 amide bonds. The molecule has 20 heavy (non-hydrogen) atoms. The Labute approximate surface area is 118 Å². The lowest BCUT2D eigenvalue weighted by Crippen LogP contribution is -2.43. The number of pyridine rings is 1. The molecule has 0 spiro atoms. The Morgan fingerprint density at radius 3 is 2.70 bits per heavy atom. The largest absolute Gasteiger partial charge is 0.409 e. The smallest absolute Gasteiger partial charge is 0.174 e. The minimum absolute atomic E-state index is 0.0623. The van der Waals surface area contributed by atoms with Gasteiger partial charge >= 0.3 is 0 Å². The van der Waals surface area contributed by atoms with Gasteiger partial charge in [-0.15, -0.1) is 0 Å². The number of aliphatic hydroxyl groups is 1. The summed E-state index contributed by atoms with van der Waals surface area (Å²) in [6, 6.07) is 2.35. The van der Waals surface area contributed by atoms with E-state index in [-0.39, 0.29) is 12.4 Å². The maximum absolute atomic E-state index is 9.32. The van der Waals surface area contributed by atoms with Crippen LogP contribution in [-0.4, -0.2) is 40.3 Å². The van der Waals surface area contributed by atoms with E-state index in [0.717, 1.165) is 29.9 Å². The summed E-state index contributed by atoms with van der Waals surface area (Å²) in [5.41, 5.74) is 8.97. The second kappa shape index (κ2) is 6.09. The zero-order valence-corrected chi connectivity index (χ0v) is 12.0. The first-order valence-corrected chi connectivity index (χ1v) is 6.92. The maximum Gasteiger partial charge on any atom is 0.174 e. The summed E-state index contributed by atoms with van der Waals surface area (Å²) in [5.74, 6) is 0.0623. The van der Waals surface area contributed by atoms with Gasteiger partial charge in [-0.05, 0) is 39.2 Å². The van der Waals surface area contributed by atoms with E-state index >= 15 is 0 Å². The van der Waals surface area contributed by atoms with Crippen molar-refractivity contribution in [3.8, 4) is 0 Å². The van der Waals surface area contributed by atoms with Gasteiger partial charge in [0.15, 0.2) is 5.84 Å². The molecule has 1 aliphatic carbocycles. The van der Waals surface area contributed by atoms with Gasteiger partial charge in [0, 0.05) is 18.3 Å². The third-order valence-electron chi connectivity index (χ3n) is 3.84. The second-order valence-electron chi connectivity index (χ2n) is 5.23. The summed E-state index contributed by atoms with van der Waals surface area (Å²) in [6.45, 7) is 4.39. The first-order chi connectivity index (χ1) is 9.58. The number of nitrogens with two attached hydrogens (primary N) is 1. The predicted molar refractivity (Wildman–Crippen MR) is 78.3 cm³/mol. The van der Waals surface area contributed by atoms with Crippen LogP contribution in [-0.2, 0) is 0 Å².